The summed E-state index contributed by atoms with van der Waals surface area (Å²) in [7, 11) is 0. The second kappa shape index (κ2) is 10.5. The van der Waals surface area contributed by atoms with Gasteiger partial charge in [0.15, 0.2) is 0 Å². The van der Waals surface area contributed by atoms with Gasteiger partial charge in [0.1, 0.15) is 22.5 Å². The first kappa shape index (κ1) is 21.4. The van der Waals surface area contributed by atoms with Crippen LogP contribution in [0.15, 0.2) is 72.5 Å². The summed E-state index contributed by atoms with van der Waals surface area (Å²) >= 11 is 7.36. The highest BCUT2D eigenvalue weighted by molar-refractivity contribution is 7.13. The number of aliphatic hydroxyl groups is 1. The van der Waals surface area contributed by atoms with Crippen LogP contribution in [0.3, 0.4) is 0 Å². The van der Waals surface area contributed by atoms with Crippen LogP contribution in [-0.2, 0) is 0 Å². The summed E-state index contributed by atoms with van der Waals surface area (Å²) in [6, 6.07) is 15.2. The smallest absolute Gasteiger partial charge is 0.129 e. The summed E-state index contributed by atoms with van der Waals surface area (Å²) in [5.41, 5.74) is 3.64. The molecule has 1 atom stereocenters. The number of hydrogen-bond acceptors (Lipinski definition) is 7. The van der Waals surface area contributed by atoms with E-state index in [1.54, 1.807) is 35.9 Å². The summed E-state index contributed by atoms with van der Waals surface area (Å²) in [5.74, 6) is 0.776. The predicted octanol–water partition coefficient (Wildman–Crippen LogP) is 4.62. The van der Waals surface area contributed by atoms with Gasteiger partial charge in [0.25, 0.3) is 0 Å². The molecule has 1 unspecified atom stereocenters. The number of rotatable bonds is 9. The van der Waals surface area contributed by atoms with Gasteiger partial charge in [0.05, 0.1) is 11.8 Å². The monoisotopic (exact) mass is 452 g/mol. The minimum absolute atomic E-state index is 0.405. The highest BCUT2D eigenvalue weighted by atomic mass is 35.5. The highest BCUT2D eigenvalue weighted by Crippen LogP contribution is 2.30. The summed E-state index contributed by atoms with van der Waals surface area (Å²) in [5, 5.41) is 16.7. The van der Waals surface area contributed by atoms with Crippen molar-refractivity contribution in [3.05, 3.63) is 83.2 Å². The van der Waals surface area contributed by atoms with Gasteiger partial charge in [-0.05, 0) is 30.3 Å². The molecule has 4 rings (SSSR count). The Morgan fingerprint density at radius 2 is 2.00 bits per heavy atom. The minimum atomic E-state index is -0.647. The molecule has 0 fully saturated rings. The van der Waals surface area contributed by atoms with Crippen molar-refractivity contribution < 1.29 is 9.84 Å². The molecule has 6 nitrogen and oxygen atoms in total. The molecule has 3 heterocycles. The Labute approximate surface area is 189 Å². The molecule has 0 spiro atoms. The molecular weight excluding hydrogens is 432 g/mol. The average molecular weight is 453 g/mol. The van der Waals surface area contributed by atoms with Gasteiger partial charge in [-0.2, -0.15) is 0 Å². The summed E-state index contributed by atoms with van der Waals surface area (Å²) in [6.45, 7) is 1.49. The summed E-state index contributed by atoms with van der Waals surface area (Å²) in [4.78, 5) is 12.9. The maximum atomic E-state index is 10.2. The number of aromatic nitrogens is 3. The Balaban J connectivity index is 1.27. The number of halogens is 1. The SMILES string of the molecule is OC(CNCCOc1cccc(-c2csc(-c3cccnc3)n2)c1)c1ccc(Cl)nc1. The van der Waals surface area contributed by atoms with Crippen LogP contribution in [0.4, 0.5) is 0 Å². The number of nitrogens with one attached hydrogen (secondary N) is 1. The maximum absolute atomic E-state index is 10.2. The van der Waals surface area contributed by atoms with Crippen LogP contribution in [0, 0.1) is 0 Å². The van der Waals surface area contributed by atoms with E-state index in [2.05, 4.69) is 15.3 Å². The van der Waals surface area contributed by atoms with E-state index in [1.165, 1.54) is 0 Å². The number of benzene rings is 1. The van der Waals surface area contributed by atoms with E-state index < -0.39 is 6.10 Å². The van der Waals surface area contributed by atoms with E-state index in [0.717, 1.165) is 33.1 Å². The first-order chi connectivity index (χ1) is 15.2. The van der Waals surface area contributed by atoms with Crippen molar-refractivity contribution in [3.8, 4) is 27.6 Å². The summed E-state index contributed by atoms with van der Waals surface area (Å²) in [6.07, 6.45) is 4.50. The Kier molecular flexibility index (Phi) is 7.22. The third-order valence-corrected chi connectivity index (χ3v) is 5.68. The lowest BCUT2D eigenvalue weighted by molar-refractivity contribution is 0.171. The zero-order chi connectivity index (χ0) is 21.5. The lowest BCUT2D eigenvalue weighted by Gasteiger charge is -2.12. The standard InChI is InChI=1S/C23H21ClN4O2S/c24-22-7-6-17(13-27-22)21(29)14-26-9-10-30-19-5-1-3-16(11-19)20-15-31-23(28-20)18-4-2-8-25-12-18/h1-8,11-13,15,21,26,29H,9-10,14H2. The third kappa shape index (κ3) is 5.86. The fourth-order valence-corrected chi connectivity index (χ4v) is 3.89. The van der Waals surface area contributed by atoms with Crippen LogP contribution >= 0.6 is 22.9 Å². The molecule has 1 aromatic carbocycles. The van der Waals surface area contributed by atoms with Crippen molar-refractivity contribution in [2.75, 3.05) is 19.7 Å². The van der Waals surface area contributed by atoms with E-state index in [4.69, 9.17) is 21.3 Å². The number of aliphatic hydroxyl groups excluding tert-OH is 1. The summed E-state index contributed by atoms with van der Waals surface area (Å²) < 4.78 is 5.85. The van der Waals surface area contributed by atoms with Gasteiger partial charge >= 0.3 is 0 Å². The van der Waals surface area contributed by atoms with Crippen LogP contribution in [0.5, 0.6) is 5.75 Å². The Morgan fingerprint density at radius 3 is 2.81 bits per heavy atom. The van der Waals surface area contributed by atoms with Gasteiger partial charge in [0, 0.05) is 53.8 Å². The van der Waals surface area contributed by atoms with Crippen molar-refractivity contribution in [1.29, 1.82) is 0 Å². The topological polar surface area (TPSA) is 80.2 Å². The Hall–Kier alpha value is -2.84. The first-order valence-corrected chi connectivity index (χ1v) is 11.0. The molecule has 3 aromatic heterocycles. The Morgan fingerprint density at radius 1 is 1.10 bits per heavy atom. The molecule has 0 aliphatic rings. The maximum Gasteiger partial charge on any atom is 0.129 e. The fraction of sp³-hybridized carbons (Fsp3) is 0.174. The van der Waals surface area contributed by atoms with Gasteiger partial charge in [-0.1, -0.05) is 29.8 Å². The second-order valence-corrected chi connectivity index (χ2v) is 8.04. The molecule has 0 radical (unpaired) electrons. The highest BCUT2D eigenvalue weighted by Gasteiger charge is 2.09. The van der Waals surface area contributed by atoms with Crippen LogP contribution in [0.25, 0.3) is 21.8 Å². The lowest BCUT2D eigenvalue weighted by atomic mass is 10.1. The third-order valence-electron chi connectivity index (χ3n) is 4.56. The molecule has 31 heavy (non-hydrogen) atoms. The fourth-order valence-electron chi connectivity index (χ4n) is 2.96. The first-order valence-electron chi connectivity index (χ1n) is 9.78. The normalized spacial score (nSPS) is 11.9. The zero-order valence-electron chi connectivity index (χ0n) is 16.6. The zero-order valence-corrected chi connectivity index (χ0v) is 18.2. The molecule has 0 saturated carbocycles. The number of ether oxygens (including phenoxy) is 1. The van der Waals surface area contributed by atoms with Crippen molar-refractivity contribution in [2.24, 2.45) is 0 Å². The number of nitrogens with zero attached hydrogens (tertiary/aromatic N) is 3. The van der Waals surface area contributed by atoms with E-state index in [9.17, 15) is 5.11 Å². The second-order valence-electron chi connectivity index (χ2n) is 6.79. The number of pyridine rings is 2. The number of thiazole rings is 1. The van der Waals surface area contributed by atoms with Crippen LogP contribution in [0.2, 0.25) is 5.15 Å². The number of hydrogen-bond donors (Lipinski definition) is 2. The van der Waals surface area contributed by atoms with E-state index in [0.29, 0.717) is 24.8 Å². The molecule has 158 valence electrons. The van der Waals surface area contributed by atoms with E-state index in [1.807, 2.05) is 48.0 Å². The van der Waals surface area contributed by atoms with Gasteiger partial charge < -0.3 is 15.2 Å². The van der Waals surface area contributed by atoms with Gasteiger partial charge in [-0.25, -0.2) is 9.97 Å². The van der Waals surface area contributed by atoms with Crippen LogP contribution in [-0.4, -0.2) is 39.8 Å². The van der Waals surface area contributed by atoms with Gasteiger partial charge in [-0.3, -0.25) is 4.98 Å². The minimum Gasteiger partial charge on any atom is -0.492 e. The van der Waals surface area contributed by atoms with Crippen LogP contribution < -0.4 is 10.1 Å². The molecule has 0 aliphatic carbocycles. The largest absolute Gasteiger partial charge is 0.492 e. The Bertz CT molecular complexity index is 1110. The van der Waals surface area contributed by atoms with Crippen LogP contribution in [0.1, 0.15) is 11.7 Å². The molecular formula is C23H21ClN4O2S. The molecule has 0 bridgehead atoms. The van der Waals surface area contributed by atoms with Crippen molar-refractivity contribution in [1.82, 2.24) is 20.3 Å². The molecule has 2 N–H and O–H groups in total. The van der Waals surface area contributed by atoms with E-state index >= 15 is 0 Å². The molecule has 4 aromatic rings. The average Bonchev–Trinajstić information content (AvgIpc) is 3.30. The lowest BCUT2D eigenvalue weighted by Crippen LogP contribution is -2.26. The predicted molar refractivity (Wildman–Crippen MR) is 123 cm³/mol. The quantitative estimate of drug-likeness (QED) is 0.285. The molecule has 0 amide bonds. The van der Waals surface area contributed by atoms with E-state index in [-0.39, 0.29) is 0 Å². The molecule has 0 aliphatic heterocycles. The van der Waals surface area contributed by atoms with Crippen molar-refractivity contribution in [2.45, 2.75) is 6.10 Å². The van der Waals surface area contributed by atoms with Gasteiger partial charge in [-0.15, -0.1) is 11.3 Å². The molecule has 0 saturated heterocycles. The molecule has 8 heteroatoms. The van der Waals surface area contributed by atoms with Gasteiger partial charge in [0.2, 0.25) is 0 Å². The van der Waals surface area contributed by atoms with Crippen molar-refractivity contribution in [3.63, 3.8) is 0 Å². The van der Waals surface area contributed by atoms with Crippen molar-refractivity contribution >= 4 is 22.9 Å².